The second-order valence-corrected chi connectivity index (χ2v) is 10.2. The average molecular weight is 471 g/mol. The molecular weight excluding hydrogens is 444 g/mol. The summed E-state index contributed by atoms with van der Waals surface area (Å²) >= 11 is 7.84. The molecule has 0 bridgehead atoms. The van der Waals surface area contributed by atoms with Crippen molar-refractivity contribution < 1.29 is 17.9 Å². The molecule has 2 rings (SSSR count). The van der Waals surface area contributed by atoms with E-state index in [-0.39, 0.29) is 5.91 Å². The molecule has 2 aromatic carbocycles. The third kappa shape index (κ3) is 7.41. The van der Waals surface area contributed by atoms with E-state index < -0.39 is 16.1 Å². The van der Waals surface area contributed by atoms with Crippen molar-refractivity contribution in [3.8, 4) is 5.75 Å². The number of halogens is 1. The zero-order valence-electron chi connectivity index (χ0n) is 17.3. The van der Waals surface area contributed by atoms with Gasteiger partial charge in [-0.05, 0) is 42.3 Å². The largest absolute Gasteiger partial charge is 0.481 e. The predicted octanol–water partition coefficient (Wildman–Crippen LogP) is 3.94. The zero-order chi connectivity index (χ0) is 22.1. The summed E-state index contributed by atoms with van der Waals surface area (Å²) < 4.78 is 30.2. The average Bonchev–Trinajstić information content (AvgIpc) is 2.72. The minimum Gasteiger partial charge on any atom is -0.481 e. The molecule has 0 fully saturated rings. The zero-order valence-corrected chi connectivity index (χ0v) is 19.7. The predicted molar refractivity (Wildman–Crippen MR) is 125 cm³/mol. The van der Waals surface area contributed by atoms with Crippen LogP contribution in [0.2, 0.25) is 5.02 Å². The first kappa shape index (κ1) is 24.4. The molecular formula is C21H27ClN2O4S2. The topological polar surface area (TPSA) is 75.7 Å². The highest BCUT2D eigenvalue weighted by Crippen LogP contribution is 2.22. The molecule has 0 aliphatic heterocycles. The maximum Gasteiger partial charge on any atom is 0.261 e. The molecule has 1 amide bonds. The highest BCUT2D eigenvalue weighted by atomic mass is 35.5. The molecule has 6 nitrogen and oxygen atoms in total. The van der Waals surface area contributed by atoms with E-state index in [9.17, 15) is 13.2 Å². The van der Waals surface area contributed by atoms with E-state index in [0.29, 0.717) is 24.4 Å². The molecule has 0 saturated carbocycles. The lowest BCUT2D eigenvalue weighted by atomic mass is 10.2. The first-order valence-electron chi connectivity index (χ1n) is 9.52. The van der Waals surface area contributed by atoms with Crippen LogP contribution in [-0.4, -0.2) is 46.0 Å². The van der Waals surface area contributed by atoms with Gasteiger partial charge < -0.3 is 10.1 Å². The van der Waals surface area contributed by atoms with Gasteiger partial charge in [0.1, 0.15) is 5.75 Å². The van der Waals surface area contributed by atoms with Crippen LogP contribution in [0.5, 0.6) is 5.75 Å². The van der Waals surface area contributed by atoms with Crippen LogP contribution in [0.3, 0.4) is 0 Å². The van der Waals surface area contributed by atoms with Crippen LogP contribution < -0.4 is 14.4 Å². The number of benzene rings is 2. The van der Waals surface area contributed by atoms with Crippen molar-refractivity contribution in [2.75, 3.05) is 29.9 Å². The molecule has 0 aliphatic carbocycles. The van der Waals surface area contributed by atoms with Gasteiger partial charge in [0.2, 0.25) is 10.0 Å². The molecule has 0 aliphatic rings. The lowest BCUT2D eigenvalue weighted by Gasteiger charge is -2.19. The van der Waals surface area contributed by atoms with Crippen molar-refractivity contribution in [2.24, 2.45) is 0 Å². The molecule has 0 saturated heterocycles. The molecule has 164 valence electrons. The van der Waals surface area contributed by atoms with E-state index in [1.807, 2.05) is 31.2 Å². The molecule has 30 heavy (non-hydrogen) atoms. The third-order valence-electron chi connectivity index (χ3n) is 4.40. The summed E-state index contributed by atoms with van der Waals surface area (Å²) in [7, 11) is -1.84. The normalized spacial score (nSPS) is 12.3. The number of nitrogens with one attached hydrogen (secondary N) is 1. The monoisotopic (exact) mass is 470 g/mol. The Morgan fingerprint density at radius 1 is 1.20 bits per heavy atom. The van der Waals surface area contributed by atoms with Crippen molar-refractivity contribution in [1.29, 1.82) is 0 Å². The van der Waals surface area contributed by atoms with Gasteiger partial charge in [0.25, 0.3) is 5.91 Å². The number of carbonyl (C=O) groups excluding carboxylic acids is 1. The summed E-state index contributed by atoms with van der Waals surface area (Å²) in [6.07, 6.45) is 1.04. The SMILES string of the molecule is CCC(Oc1ccc(N(C)S(C)(=O)=O)cc1)C(=O)NCCSCc1ccccc1Cl. The van der Waals surface area contributed by atoms with E-state index >= 15 is 0 Å². The summed E-state index contributed by atoms with van der Waals surface area (Å²) in [5, 5.41) is 3.65. The van der Waals surface area contributed by atoms with E-state index in [4.69, 9.17) is 16.3 Å². The van der Waals surface area contributed by atoms with E-state index in [1.54, 1.807) is 36.0 Å². The lowest BCUT2D eigenvalue weighted by molar-refractivity contribution is -0.127. The second-order valence-electron chi connectivity index (χ2n) is 6.67. The molecule has 0 spiro atoms. The van der Waals surface area contributed by atoms with Crippen LogP contribution in [0.25, 0.3) is 0 Å². The summed E-state index contributed by atoms with van der Waals surface area (Å²) in [5.74, 6) is 1.89. The number of hydrogen-bond donors (Lipinski definition) is 1. The minimum absolute atomic E-state index is 0.173. The van der Waals surface area contributed by atoms with Crippen molar-refractivity contribution in [2.45, 2.75) is 25.2 Å². The van der Waals surface area contributed by atoms with Gasteiger partial charge in [0, 0.05) is 30.1 Å². The van der Waals surface area contributed by atoms with Crippen LogP contribution in [0.15, 0.2) is 48.5 Å². The Balaban J connectivity index is 1.79. The Kier molecular flexibility index (Phi) is 9.33. The van der Waals surface area contributed by atoms with Gasteiger partial charge in [-0.3, -0.25) is 9.10 Å². The number of ether oxygens (including phenoxy) is 1. The van der Waals surface area contributed by atoms with Crippen LogP contribution in [0, 0.1) is 0 Å². The fourth-order valence-corrected chi connectivity index (χ4v) is 4.22. The van der Waals surface area contributed by atoms with Crippen LogP contribution in [0.4, 0.5) is 5.69 Å². The van der Waals surface area contributed by atoms with Crippen molar-refractivity contribution in [1.82, 2.24) is 5.32 Å². The number of rotatable bonds is 11. The molecule has 1 atom stereocenters. The lowest BCUT2D eigenvalue weighted by Crippen LogP contribution is -2.39. The summed E-state index contributed by atoms with van der Waals surface area (Å²) in [6, 6.07) is 14.3. The first-order valence-corrected chi connectivity index (χ1v) is 12.9. The molecule has 1 unspecified atom stereocenters. The molecule has 9 heteroatoms. The van der Waals surface area contributed by atoms with Gasteiger partial charge >= 0.3 is 0 Å². The maximum atomic E-state index is 12.4. The first-order chi connectivity index (χ1) is 14.2. The number of anilines is 1. The minimum atomic E-state index is -3.33. The van der Waals surface area contributed by atoms with Gasteiger partial charge in [0.15, 0.2) is 6.10 Å². The number of carbonyl (C=O) groups is 1. The smallest absolute Gasteiger partial charge is 0.261 e. The van der Waals surface area contributed by atoms with Gasteiger partial charge in [0.05, 0.1) is 11.9 Å². The molecule has 0 heterocycles. The summed E-state index contributed by atoms with van der Waals surface area (Å²) in [6.45, 7) is 2.41. The Morgan fingerprint density at radius 2 is 1.87 bits per heavy atom. The fourth-order valence-electron chi connectivity index (χ4n) is 2.57. The highest BCUT2D eigenvalue weighted by molar-refractivity contribution is 7.98. The summed E-state index contributed by atoms with van der Waals surface area (Å²) in [5.41, 5.74) is 1.60. The van der Waals surface area contributed by atoms with Crippen molar-refractivity contribution in [3.05, 3.63) is 59.1 Å². The van der Waals surface area contributed by atoms with Crippen LogP contribution >= 0.6 is 23.4 Å². The van der Waals surface area contributed by atoms with E-state index in [0.717, 1.165) is 28.3 Å². The maximum absolute atomic E-state index is 12.4. The number of sulfonamides is 1. The van der Waals surface area contributed by atoms with Crippen LogP contribution in [0.1, 0.15) is 18.9 Å². The fraction of sp³-hybridized carbons (Fsp3) is 0.381. The molecule has 2 aromatic rings. The Hall–Kier alpha value is -1.90. The van der Waals surface area contributed by atoms with Gasteiger partial charge in [-0.2, -0.15) is 11.8 Å². The van der Waals surface area contributed by atoms with Gasteiger partial charge in [-0.1, -0.05) is 36.7 Å². The molecule has 1 N–H and O–H groups in total. The van der Waals surface area contributed by atoms with Gasteiger partial charge in [-0.25, -0.2) is 8.42 Å². The Labute approximate surface area is 188 Å². The number of hydrogen-bond acceptors (Lipinski definition) is 5. The third-order valence-corrected chi connectivity index (χ3v) is 6.98. The molecule has 0 aromatic heterocycles. The van der Waals surface area contributed by atoms with E-state index in [2.05, 4.69) is 5.32 Å². The number of thioether (sulfide) groups is 1. The van der Waals surface area contributed by atoms with E-state index in [1.165, 1.54) is 11.4 Å². The van der Waals surface area contributed by atoms with Gasteiger partial charge in [-0.15, -0.1) is 0 Å². The van der Waals surface area contributed by atoms with Crippen molar-refractivity contribution in [3.63, 3.8) is 0 Å². The second kappa shape index (κ2) is 11.5. The van der Waals surface area contributed by atoms with Crippen LogP contribution in [-0.2, 0) is 20.6 Å². The Morgan fingerprint density at radius 3 is 2.47 bits per heavy atom. The number of nitrogens with zero attached hydrogens (tertiary/aromatic N) is 1. The summed E-state index contributed by atoms with van der Waals surface area (Å²) in [4.78, 5) is 12.4. The highest BCUT2D eigenvalue weighted by Gasteiger charge is 2.18. The Bertz CT molecular complexity index is 936. The quantitative estimate of drug-likeness (QED) is 0.503. The standard InChI is InChI=1S/C21H27ClN2O4S2/c1-4-20(28-18-11-9-17(10-12-18)24(2)30(3,26)27)21(25)23-13-14-29-15-16-7-5-6-8-19(16)22/h5-12,20H,4,13-15H2,1-3H3,(H,23,25). The van der Waals surface area contributed by atoms with Crippen molar-refractivity contribution >= 4 is 45.0 Å². The molecule has 0 radical (unpaired) electrons. The number of amides is 1.